The second kappa shape index (κ2) is 5.91. The summed E-state index contributed by atoms with van der Waals surface area (Å²) in [5, 5.41) is 0.730. The molecule has 0 radical (unpaired) electrons. The Morgan fingerprint density at radius 2 is 1.45 bits per heavy atom. The number of alkyl halides is 3. The van der Waals surface area contributed by atoms with Crippen molar-refractivity contribution in [1.82, 2.24) is 0 Å². The Morgan fingerprint density at radius 1 is 0.850 bits per heavy atom. The van der Waals surface area contributed by atoms with Crippen LogP contribution >= 0.6 is 57.4 Å². The predicted octanol–water partition coefficient (Wildman–Crippen LogP) is 6.94. The highest BCUT2D eigenvalue weighted by atomic mass is 127. The Labute approximate surface area is 142 Å². The lowest BCUT2D eigenvalue weighted by atomic mass is 10.0. The molecule has 0 amide bonds. The average molecular weight is 451 g/mol. The lowest BCUT2D eigenvalue weighted by molar-refractivity contribution is -0.138. The van der Waals surface area contributed by atoms with Gasteiger partial charge in [-0.15, -0.1) is 0 Å². The molecule has 0 bridgehead atoms. The molecule has 2 aromatic carbocycles. The van der Waals surface area contributed by atoms with Crippen LogP contribution in [-0.4, -0.2) is 0 Å². The Morgan fingerprint density at radius 3 is 2.05 bits per heavy atom. The number of halogens is 7. The van der Waals surface area contributed by atoms with E-state index < -0.39 is 11.7 Å². The number of benzene rings is 2. The maximum atomic E-state index is 12.9. The first-order chi connectivity index (χ1) is 9.20. The van der Waals surface area contributed by atoms with Gasteiger partial charge in [0.2, 0.25) is 0 Å². The summed E-state index contributed by atoms with van der Waals surface area (Å²) in [5.74, 6) is 0. The summed E-state index contributed by atoms with van der Waals surface area (Å²) in [6, 6.07) is 6.85. The van der Waals surface area contributed by atoms with Crippen LogP contribution in [0.25, 0.3) is 11.1 Å². The molecule has 0 fully saturated rings. The Bertz CT molecular complexity index is 669. The third-order valence-corrected chi connectivity index (χ3v) is 4.57. The van der Waals surface area contributed by atoms with E-state index in [-0.39, 0.29) is 18.6 Å². The van der Waals surface area contributed by atoms with Gasteiger partial charge in [0.15, 0.2) is 0 Å². The molecule has 0 saturated carbocycles. The molecule has 0 atom stereocenters. The molecular formula is C13H5Cl3F3I. The largest absolute Gasteiger partial charge is 0.417 e. The van der Waals surface area contributed by atoms with Gasteiger partial charge < -0.3 is 0 Å². The maximum absolute atomic E-state index is 12.9. The van der Waals surface area contributed by atoms with Gasteiger partial charge in [0.05, 0.1) is 15.6 Å². The third-order valence-electron chi connectivity index (χ3n) is 2.59. The lowest BCUT2D eigenvalue weighted by Gasteiger charge is -2.12. The molecule has 106 valence electrons. The van der Waals surface area contributed by atoms with Crippen molar-refractivity contribution in [3.05, 3.63) is 54.5 Å². The van der Waals surface area contributed by atoms with Gasteiger partial charge in [0, 0.05) is 14.2 Å². The molecule has 0 aromatic heterocycles. The van der Waals surface area contributed by atoms with E-state index in [1.807, 2.05) is 0 Å². The highest BCUT2D eigenvalue weighted by Gasteiger charge is 2.33. The van der Waals surface area contributed by atoms with Gasteiger partial charge in [0.1, 0.15) is 0 Å². The summed E-state index contributed by atoms with van der Waals surface area (Å²) in [7, 11) is 0. The fourth-order valence-corrected chi connectivity index (χ4v) is 2.95. The smallest absolute Gasteiger partial charge is 0.166 e. The number of hydrogen-bond acceptors (Lipinski definition) is 0. The van der Waals surface area contributed by atoms with Crippen LogP contribution in [0.4, 0.5) is 13.2 Å². The van der Waals surface area contributed by atoms with E-state index >= 15 is 0 Å². The monoisotopic (exact) mass is 450 g/mol. The molecule has 2 rings (SSSR count). The van der Waals surface area contributed by atoms with Crippen molar-refractivity contribution in [2.75, 3.05) is 0 Å². The molecule has 2 aromatic rings. The van der Waals surface area contributed by atoms with Gasteiger partial charge in [-0.1, -0.05) is 40.9 Å². The van der Waals surface area contributed by atoms with Crippen molar-refractivity contribution in [3.8, 4) is 11.1 Å². The topological polar surface area (TPSA) is 0 Å². The summed E-state index contributed by atoms with van der Waals surface area (Å²) in [6.07, 6.45) is -4.42. The second-order valence-electron chi connectivity index (χ2n) is 3.94. The van der Waals surface area contributed by atoms with Gasteiger partial charge in [-0.05, 0) is 52.4 Å². The van der Waals surface area contributed by atoms with Gasteiger partial charge in [-0.2, -0.15) is 13.2 Å². The molecule has 0 unspecified atom stereocenters. The molecule has 0 saturated heterocycles. The van der Waals surface area contributed by atoms with Crippen LogP contribution in [0.3, 0.4) is 0 Å². The van der Waals surface area contributed by atoms with Crippen LogP contribution in [0.2, 0.25) is 15.1 Å². The minimum Gasteiger partial charge on any atom is -0.166 e. The fraction of sp³-hybridized carbons (Fsp3) is 0.0769. The van der Waals surface area contributed by atoms with Crippen LogP contribution in [0.15, 0.2) is 30.3 Å². The Balaban J connectivity index is 2.63. The van der Waals surface area contributed by atoms with Gasteiger partial charge in [0.25, 0.3) is 0 Å². The molecule has 0 N–H and O–H groups in total. The summed E-state index contributed by atoms with van der Waals surface area (Å²) in [4.78, 5) is 0. The Hall–Kier alpha value is -0.170. The van der Waals surface area contributed by atoms with Gasteiger partial charge in [-0.25, -0.2) is 0 Å². The zero-order chi connectivity index (χ0) is 15.1. The second-order valence-corrected chi connectivity index (χ2v) is 6.32. The fourth-order valence-electron chi connectivity index (χ4n) is 1.65. The molecule has 0 spiro atoms. The quantitative estimate of drug-likeness (QED) is 0.326. The minimum absolute atomic E-state index is 0.120. The van der Waals surface area contributed by atoms with Gasteiger partial charge in [-0.3, -0.25) is 0 Å². The highest BCUT2D eigenvalue weighted by Crippen LogP contribution is 2.39. The molecule has 20 heavy (non-hydrogen) atoms. The zero-order valence-corrected chi connectivity index (χ0v) is 14.0. The van der Waals surface area contributed by atoms with Crippen molar-refractivity contribution < 1.29 is 13.2 Å². The van der Waals surface area contributed by atoms with E-state index in [2.05, 4.69) is 0 Å². The zero-order valence-electron chi connectivity index (χ0n) is 9.53. The standard InChI is InChI=1S/C13H5Cl3F3I/c14-9-5-11(16)10(15)4-7(9)6-1-2-12(20)8(3-6)13(17,18)19/h1-5H. The minimum atomic E-state index is -4.42. The molecule has 0 aliphatic carbocycles. The van der Waals surface area contributed by atoms with Crippen molar-refractivity contribution in [1.29, 1.82) is 0 Å². The maximum Gasteiger partial charge on any atom is 0.417 e. The molecule has 0 aliphatic rings. The van der Waals surface area contributed by atoms with E-state index in [1.54, 1.807) is 28.7 Å². The van der Waals surface area contributed by atoms with Crippen molar-refractivity contribution in [2.24, 2.45) is 0 Å². The average Bonchev–Trinajstić information content (AvgIpc) is 2.33. The van der Waals surface area contributed by atoms with E-state index in [0.29, 0.717) is 11.1 Å². The van der Waals surface area contributed by atoms with Gasteiger partial charge >= 0.3 is 6.18 Å². The summed E-state index contributed by atoms with van der Waals surface area (Å²) >= 11 is 19.3. The van der Waals surface area contributed by atoms with E-state index in [4.69, 9.17) is 34.8 Å². The van der Waals surface area contributed by atoms with Crippen LogP contribution in [0.1, 0.15) is 5.56 Å². The molecule has 0 heterocycles. The van der Waals surface area contributed by atoms with Crippen molar-refractivity contribution >= 4 is 57.4 Å². The van der Waals surface area contributed by atoms with Crippen LogP contribution in [0.5, 0.6) is 0 Å². The molecular weight excluding hydrogens is 446 g/mol. The van der Waals surface area contributed by atoms with Crippen LogP contribution in [-0.2, 0) is 6.18 Å². The van der Waals surface area contributed by atoms with E-state index in [1.165, 1.54) is 18.2 Å². The van der Waals surface area contributed by atoms with Crippen LogP contribution < -0.4 is 0 Å². The molecule has 0 nitrogen and oxygen atoms in total. The lowest BCUT2D eigenvalue weighted by Crippen LogP contribution is -2.07. The number of hydrogen-bond donors (Lipinski definition) is 0. The predicted molar refractivity (Wildman–Crippen MR) is 84.6 cm³/mol. The molecule has 7 heteroatoms. The highest BCUT2D eigenvalue weighted by molar-refractivity contribution is 14.1. The Kier molecular flexibility index (Phi) is 4.79. The first-order valence-corrected chi connectivity index (χ1v) is 7.43. The normalized spacial score (nSPS) is 11.8. The molecule has 0 aliphatic heterocycles. The first kappa shape index (κ1) is 16.2. The third kappa shape index (κ3) is 3.35. The SMILES string of the molecule is FC(F)(F)c1cc(-c2cc(Cl)c(Cl)cc2Cl)ccc1I. The van der Waals surface area contributed by atoms with Crippen molar-refractivity contribution in [2.45, 2.75) is 6.18 Å². The van der Waals surface area contributed by atoms with E-state index in [9.17, 15) is 13.2 Å². The summed E-state index contributed by atoms with van der Waals surface area (Å²) < 4.78 is 38.8. The summed E-state index contributed by atoms with van der Waals surface area (Å²) in [6.45, 7) is 0. The van der Waals surface area contributed by atoms with E-state index in [0.717, 1.165) is 6.07 Å². The first-order valence-electron chi connectivity index (χ1n) is 5.22. The summed E-state index contributed by atoms with van der Waals surface area (Å²) in [5.41, 5.74) is 0.0296. The van der Waals surface area contributed by atoms with Crippen LogP contribution in [0, 0.1) is 3.57 Å². The number of rotatable bonds is 1. The van der Waals surface area contributed by atoms with Crippen molar-refractivity contribution in [3.63, 3.8) is 0 Å².